The minimum absolute atomic E-state index is 0.244. The Labute approximate surface area is 304 Å². The molecule has 4 heteroatoms. The van der Waals surface area contributed by atoms with Crippen LogP contribution in [0.1, 0.15) is 49.0 Å². The van der Waals surface area contributed by atoms with Gasteiger partial charge in [-0.15, -0.1) is 0 Å². The lowest BCUT2D eigenvalue weighted by Crippen LogP contribution is -2.09. The van der Waals surface area contributed by atoms with Crippen LogP contribution in [-0.4, -0.2) is 19.9 Å². The van der Waals surface area contributed by atoms with E-state index in [9.17, 15) is 0 Å². The van der Waals surface area contributed by atoms with E-state index in [2.05, 4.69) is 182 Å². The van der Waals surface area contributed by atoms with Crippen LogP contribution in [0.5, 0.6) is 0 Å². The van der Waals surface area contributed by atoms with Gasteiger partial charge in [-0.05, 0) is 71.0 Å². The Hall–Kier alpha value is -6.26. The molecule has 3 aromatic heterocycles. The zero-order valence-corrected chi connectivity index (χ0v) is 29.5. The molecule has 2 atom stereocenters. The molecular weight excluding hydrogens is 633 g/mol. The van der Waals surface area contributed by atoms with Crippen LogP contribution in [0.3, 0.4) is 0 Å². The van der Waals surface area contributed by atoms with Gasteiger partial charge in [-0.1, -0.05) is 142 Å². The van der Waals surface area contributed by atoms with Crippen molar-refractivity contribution < 1.29 is 0 Å². The first-order valence-corrected chi connectivity index (χ1v) is 18.3. The fraction of sp³-hybridized carbons (Fsp3) is 0.125. The number of nitrogens with one attached hydrogen (secondary N) is 2. The van der Waals surface area contributed by atoms with E-state index in [1.807, 2.05) is 0 Å². The van der Waals surface area contributed by atoms with Crippen LogP contribution in [-0.2, 0) is 6.42 Å². The molecule has 5 heterocycles. The second-order valence-corrected chi connectivity index (χ2v) is 13.9. The molecule has 2 aliphatic rings. The van der Waals surface area contributed by atoms with Gasteiger partial charge in [-0.2, -0.15) is 0 Å². The van der Waals surface area contributed by atoms with Crippen LogP contribution in [0.25, 0.3) is 78.7 Å². The zero-order valence-electron chi connectivity index (χ0n) is 29.5. The smallest absolute Gasteiger partial charge is 0.0737 e. The lowest BCUT2D eigenvalue weighted by atomic mass is 9.83. The predicted octanol–water partition coefficient (Wildman–Crippen LogP) is 12.5. The van der Waals surface area contributed by atoms with Crippen molar-refractivity contribution in [1.82, 2.24) is 19.9 Å². The van der Waals surface area contributed by atoms with Crippen LogP contribution in [0, 0.1) is 5.92 Å². The fourth-order valence-electron chi connectivity index (χ4n) is 7.97. The van der Waals surface area contributed by atoms with Crippen molar-refractivity contribution in [1.29, 1.82) is 0 Å². The molecule has 7 aromatic rings. The van der Waals surface area contributed by atoms with E-state index in [0.717, 1.165) is 102 Å². The van der Waals surface area contributed by atoms with E-state index >= 15 is 0 Å². The number of rotatable bonds is 6. The lowest BCUT2D eigenvalue weighted by molar-refractivity contribution is 0.453. The predicted molar refractivity (Wildman–Crippen MR) is 218 cm³/mol. The Morgan fingerprint density at radius 2 is 0.885 bits per heavy atom. The first kappa shape index (κ1) is 31.7. The van der Waals surface area contributed by atoms with E-state index in [1.54, 1.807) is 0 Å². The summed E-state index contributed by atoms with van der Waals surface area (Å²) in [6, 6.07) is 51.6. The molecule has 9 rings (SSSR count). The minimum Gasteiger partial charge on any atom is -0.354 e. The van der Waals surface area contributed by atoms with Gasteiger partial charge in [0.1, 0.15) is 0 Å². The third-order valence-corrected chi connectivity index (χ3v) is 10.7. The monoisotopic (exact) mass is 672 g/mol. The van der Waals surface area contributed by atoms with Crippen LogP contribution in [0.4, 0.5) is 0 Å². The van der Waals surface area contributed by atoms with Crippen molar-refractivity contribution in [3.05, 3.63) is 168 Å². The SMILES string of the molecule is CCC(C)C1Cc2nc1c(-c1ccccc1)c1ccc([nH]1)c(-c1ccccc1)c1nc(c(-c3ccccc3)c3ccc([nH]3)c2-c2ccccc2)C=C1. The lowest BCUT2D eigenvalue weighted by Gasteiger charge is -2.19. The van der Waals surface area contributed by atoms with Gasteiger partial charge in [-0.25, -0.2) is 4.98 Å². The Morgan fingerprint density at radius 1 is 0.500 bits per heavy atom. The van der Waals surface area contributed by atoms with Crippen LogP contribution >= 0.6 is 0 Å². The Morgan fingerprint density at radius 3 is 1.33 bits per heavy atom. The van der Waals surface area contributed by atoms with Gasteiger partial charge in [-0.3, -0.25) is 4.98 Å². The number of hydrogen-bond acceptors (Lipinski definition) is 2. The van der Waals surface area contributed by atoms with Gasteiger partial charge in [0.15, 0.2) is 0 Å². The van der Waals surface area contributed by atoms with Crippen molar-refractivity contribution in [2.75, 3.05) is 0 Å². The van der Waals surface area contributed by atoms with E-state index in [-0.39, 0.29) is 5.92 Å². The largest absolute Gasteiger partial charge is 0.354 e. The second-order valence-electron chi connectivity index (χ2n) is 13.9. The molecule has 52 heavy (non-hydrogen) atoms. The molecule has 0 spiro atoms. The second kappa shape index (κ2) is 13.5. The maximum atomic E-state index is 5.71. The molecule has 0 saturated carbocycles. The number of aromatic nitrogens is 4. The number of H-pyrrole nitrogens is 2. The van der Waals surface area contributed by atoms with Crippen molar-refractivity contribution >= 4 is 34.2 Å². The summed E-state index contributed by atoms with van der Waals surface area (Å²) in [6.07, 6.45) is 6.24. The summed E-state index contributed by atoms with van der Waals surface area (Å²) in [6.45, 7) is 4.68. The zero-order chi connectivity index (χ0) is 35.0. The number of nitrogens with zero attached hydrogens (tertiary/aromatic N) is 2. The third kappa shape index (κ3) is 5.67. The molecule has 2 N–H and O–H groups in total. The van der Waals surface area contributed by atoms with Crippen LogP contribution < -0.4 is 0 Å². The Bertz CT molecular complexity index is 2580. The molecule has 0 amide bonds. The summed E-state index contributed by atoms with van der Waals surface area (Å²) in [5.74, 6) is 0.674. The summed E-state index contributed by atoms with van der Waals surface area (Å²) in [7, 11) is 0. The van der Waals surface area contributed by atoms with Gasteiger partial charge < -0.3 is 9.97 Å². The van der Waals surface area contributed by atoms with E-state index in [1.165, 1.54) is 0 Å². The molecule has 0 aliphatic carbocycles. The number of benzene rings is 4. The Kier molecular flexibility index (Phi) is 8.21. The number of aromatic amines is 2. The van der Waals surface area contributed by atoms with Crippen LogP contribution in [0.2, 0.25) is 0 Å². The highest BCUT2D eigenvalue weighted by atomic mass is 14.8. The highest BCUT2D eigenvalue weighted by molar-refractivity contribution is 5.97. The molecule has 4 nitrogen and oxygen atoms in total. The molecule has 4 aromatic carbocycles. The molecule has 8 bridgehead atoms. The Balaban J connectivity index is 1.50. The molecule has 2 unspecified atom stereocenters. The first-order valence-electron chi connectivity index (χ1n) is 18.3. The quantitative estimate of drug-likeness (QED) is 0.185. The van der Waals surface area contributed by atoms with Gasteiger partial charge in [0.2, 0.25) is 0 Å². The third-order valence-electron chi connectivity index (χ3n) is 10.7. The first-order chi connectivity index (χ1) is 25.7. The highest BCUT2D eigenvalue weighted by Crippen LogP contribution is 2.43. The van der Waals surface area contributed by atoms with Crippen molar-refractivity contribution in [2.24, 2.45) is 5.92 Å². The van der Waals surface area contributed by atoms with Crippen molar-refractivity contribution in [3.63, 3.8) is 0 Å². The van der Waals surface area contributed by atoms with E-state index in [0.29, 0.717) is 5.92 Å². The van der Waals surface area contributed by atoms with Gasteiger partial charge in [0.25, 0.3) is 0 Å². The fourth-order valence-corrected chi connectivity index (χ4v) is 7.97. The molecule has 252 valence electrons. The summed E-state index contributed by atoms with van der Waals surface area (Å²) in [4.78, 5) is 18.9. The number of hydrogen-bond donors (Lipinski definition) is 2. The van der Waals surface area contributed by atoms with E-state index < -0.39 is 0 Å². The molecular formula is C48H40N4. The van der Waals surface area contributed by atoms with Gasteiger partial charge >= 0.3 is 0 Å². The topological polar surface area (TPSA) is 57.4 Å². The summed E-state index contributed by atoms with van der Waals surface area (Å²) in [5.41, 5.74) is 17.2. The normalized spacial score (nSPS) is 14.4. The maximum absolute atomic E-state index is 5.71. The summed E-state index contributed by atoms with van der Waals surface area (Å²) >= 11 is 0. The molecule has 2 aliphatic heterocycles. The number of fused-ring (bicyclic) bond motifs is 8. The molecule has 0 fully saturated rings. The average molecular weight is 673 g/mol. The van der Waals surface area contributed by atoms with Gasteiger partial charge in [0.05, 0.1) is 22.8 Å². The standard InChI is InChI=1S/C48H40N4/c1-3-31(2)36-30-43-46(34-20-12-6-13-21-34)41-27-26-39(50-41)44(32-16-8-4-9-17-32)37-24-25-38(49-37)45(33-18-10-5-11-19-33)40-28-29-42(51-40)47(48(36)52-43)35-22-14-7-15-23-35/h4-29,31,36,50-51H,3,30H2,1-2H3. The minimum atomic E-state index is 0.244. The van der Waals surface area contributed by atoms with Crippen molar-refractivity contribution in [3.8, 4) is 44.5 Å². The van der Waals surface area contributed by atoms with Crippen LogP contribution in [0.15, 0.2) is 146 Å². The maximum Gasteiger partial charge on any atom is 0.0737 e. The highest BCUT2D eigenvalue weighted by Gasteiger charge is 2.31. The summed E-state index contributed by atoms with van der Waals surface area (Å²) in [5, 5.41) is 0. The average Bonchev–Trinajstić information content (AvgIpc) is 4.03. The van der Waals surface area contributed by atoms with Crippen molar-refractivity contribution in [2.45, 2.75) is 32.6 Å². The summed E-state index contributed by atoms with van der Waals surface area (Å²) < 4.78 is 0. The molecule has 0 saturated heterocycles. The van der Waals surface area contributed by atoms with Gasteiger partial charge in [0, 0.05) is 50.2 Å². The molecule has 0 radical (unpaired) electrons. The van der Waals surface area contributed by atoms with E-state index in [4.69, 9.17) is 9.97 Å².